The van der Waals surface area contributed by atoms with Gasteiger partial charge in [0.05, 0.1) is 0 Å². The Bertz CT molecular complexity index is 270. The molecule has 0 aromatic rings. The largest absolute Gasteiger partial charge is 0.327 e. The molecule has 0 aromatic heterocycles. The third-order valence-electron chi connectivity index (χ3n) is 4.79. The molecule has 0 radical (unpaired) electrons. The topological polar surface area (TPSA) is 29.3 Å². The second-order valence-electron chi connectivity index (χ2n) is 5.98. The number of likely N-dealkylation sites (tertiary alicyclic amines) is 1. The molecule has 2 aliphatic carbocycles. The fourth-order valence-corrected chi connectivity index (χ4v) is 3.83. The van der Waals surface area contributed by atoms with Crippen LogP contribution < -0.4 is 5.73 Å². The van der Waals surface area contributed by atoms with Crippen molar-refractivity contribution in [2.24, 2.45) is 17.6 Å². The zero-order chi connectivity index (χ0) is 11.0. The predicted molar refractivity (Wildman–Crippen MR) is 67.2 cm³/mol. The van der Waals surface area contributed by atoms with Crippen molar-refractivity contribution >= 4 is 0 Å². The lowest BCUT2D eigenvalue weighted by Crippen LogP contribution is -2.49. The summed E-state index contributed by atoms with van der Waals surface area (Å²) in [5.74, 6) is 1.59. The number of rotatable bonds is 2. The van der Waals surface area contributed by atoms with Crippen LogP contribution in [0.1, 0.15) is 38.5 Å². The first kappa shape index (κ1) is 10.8. The summed E-state index contributed by atoms with van der Waals surface area (Å²) in [6.45, 7) is 3.75. The fraction of sp³-hybridized carbons (Fsp3) is 0.857. The van der Waals surface area contributed by atoms with E-state index in [0.29, 0.717) is 6.04 Å². The maximum Gasteiger partial charge on any atom is 0.0193 e. The Morgan fingerprint density at radius 1 is 1.19 bits per heavy atom. The van der Waals surface area contributed by atoms with E-state index in [9.17, 15) is 0 Å². The lowest BCUT2D eigenvalue weighted by Gasteiger charge is -2.37. The third-order valence-corrected chi connectivity index (χ3v) is 4.79. The summed E-state index contributed by atoms with van der Waals surface area (Å²) < 4.78 is 0. The molecule has 1 aliphatic heterocycles. The van der Waals surface area contributed by atoms with Crippen LogP contribution in [0.15, 0.2) is 11.6 Å². The van der Waals surface area contributed by atoms with E-state index in [2.05, 4.69) is 11.0 Å². The summed E-state index contributed by atoms with van der Waals surface area (Å²) in [5.41, 5.74) is 7.93. The summed E-state index contributed by atoms with van der Waals surface area (Å²) in [6.07, 6.45) is 10.7. The standard InChI is InChI=1S/C14H24N2/c15-14-12-6-7-13(14)10-16(9-12)8-11-4-2-1-3-5-11/h4,12-14H,1-3,5-10,15H2. The van der Waals surface area contributed by atoms with Gasteiger partial charge in [0.1, 0.15) is 0 Å². The molecule has 1 heterocycles. The van der Waals surface area contributed by atoms with Gasteiger partial charge in [-0.1, -0.05) is 11.6 Å². The van der Waals surface area contributed by atoms with Crippen LogP contribution >= 0.6 is 0 Å². The first-order valence-corrected chi connectivity index (χ1v) is 6.99. The highest BCUT2D eigenvalue weighted by Crippen LogP contribution is 2.36. The van der Waals surface area contributed by atoms with E-state index < -0.39 is 0 Å². The molecule has 2 bridgehead atoms. The van der Waals surface area contributed by atoms with Crippen LogP contribution in [-0.4, -0.2) is 30.6 Å². The van der Waals surface area contributed by atoms with Gasteiger partial charge >= 0.3 is 0 Å². The van der Waals surface area contributed by atoms with Gasteiger partial charge < -0.3 is 5.73 Å². The van der Waals surface area contributed by atoms with E-state index in [0.717, 1.165) is 11.8 Å². The maximum absolute atomic E-state index is 6.24. The van der Waals surface area contributed by atoms with Gasteiger partial charge in [0.25, 0.3) is 0 Å². The molecule has 1 saturated carbocycles. The highest BCUT2D eigenvalue weighted by molar-refractivity contribution is 5.08. The SMILES string of the molecule is NC1C2CCC1CN(CC1=CCCCC1)C2. The molecule has 2 N–H and O–H groups in total. The second-order valence-corrected chi connectivity index (χ2v) is 5.98. The van der Waals surface area contributed by atoms with Crippen LogP contribution in [0, 0.1) is 11.8 Å². The zero-order valence-electron chi connectivity index (χ0n) is 10.2. The summed E-state index contributed by atoms with van der Waals surface area (Å²) in [4.78, 5) is 2.67. The molecule has 0 spiro atoms. The molecular weight excluding hydrogens is 196 g/mol. The Hall–Kier alpha value is -0.340. The molecule has 90 valence electrons. The number of nitrogens with two attached hydrogens (primary N) is 1. The number of nitrogens with zero attached hydrogens (tertiary/aromatic N) is 1. The summed E-state index contributed by atoms with van der Waals surface area (Å²) in [6, 6.07) is 0.511. The molecule has 2 fully saturated rings. The van der Waals surface area contributed by atoms with E-state index >= 15 is 0 Å². The molecule has 2 nitrogen and oxygen atoms in total. The Morgan fingerprint density at radius 3 is 2.56 bits per heavy atom. The lowest BCUT2D eigenvalue weighted by molar-refractivity contribution is 0.157. The van der Waals surface area contributed by atoms with Crippen molar-refractivity contribution in [1.29, 1.82) is 0 Å². The first-order valence-electron chi connectivity index (χ1n) is 6.99. The Morgan fingerprint density at radius 2 is 1.94 bits per heavy atom. The van der Waals surface area contributed by atoms with Crippen molar-refractivity contribution in [2.45, 2.75) is 44.6 Å². The fourth-order valence-electron chi connectivity index (χ4n) is 3.83. The van der Waals surface area contributed by atoms with Gasteiger partial charge in [-0.15, -0.1) is 0 Å². The first-order chi connectivity index (χ1) is 7.83. The van der Waals surface area contributed by atoms with E-state index in [1.165, 1.54) is 58.2 Å². The molecule has 3 aliphatic rings. The van der Waals surface area contributed by atoms with Crippen LogP contribution in [0.2, 0.25) is 0 Å². The van der Waals surface area contributed by atoms with Gasteiger partial charge in [0, 0.05) is 25.7 Å². The molecule has 2 heteroatoms. The zero-order valence-corrected chi connectivity index (χ0v) is 10.2. The average molecular weight is 220 g/mol. The number of hydrogen-bond donors (Lipinski definition) is 1. The molecule has 0 amide bonds. The van der Waals surface area contributed by atoms with Crippen LogP contribution in [0.4, 0.5) is 0 Å². The Balaban J connectivity index is 1.59. The Kier molecular flexibility index (Phi) is 3.03. The van der Waals surface area contributed by atoms with Crippen molar-refractivity contribution in [1.82, 2.24) is 4.90 Å². The summed E-state index contributed by atoms with van der Waals surface area (Å²) in [7, 11) is 0. The van der Waals surface area contributed by atoms with E-state index in [4.69, 9.17) is 5.73 Å². The molecule has 3 rings (SSSR count). The molecule has 2 unspecified atom stereocenters. The average Bonchev–Trinajstić information content (AvgIpc) is 2.54. The normalized spacial score (nSPS) is 39.8. The molecule has 1 saturated heterocycles. The van der Waals surface area contributed by atoms with Crippen molar-refractivity contribution in [3.8, 4) is 0 Å². The number of hydrogen-bond acceptors (Lipinski definition) is 2. The number of allylic oxidation sites excluding steroid dienone is 1. The molecule has 16 heavy (non-hydrogen) atoms. The molecule has 0 aromatic carbocycles. The van der Waals surface area contributed by atoms with Gasteiger partial charge in [-0.2, -0.15) is 0 Å². The van der Waals surface area contributed by atoms with Crippen LogP contribution in [0.3, 0.4) is 0 Å². The number of fused-ring (bicyclic) bond motifs is 2. The highest BCUT2D eigenvalue weighted by atomic mass is 15.2. The van der Waals surface area contributed by atoms with E-state index in [1.807, 2.05) is 0 Å². The van der Waals surface area contributed by atoms with Gasteiger partial charge in [0.15, 0.2) is 0 Å². The molecular formula is C14H24N2. The van der Waals surface area contributed by atoms with Gasteiger partial charge in [0.2, 0.25) is 0 Å². The highest BCUT2D eigenvalue weighted by Gasteiger charge is 2.39. The van der Waals surface area contributed by atoms with Gasteiger partial charge in [-0.25, -0.2) is 0 Å². The summed E-state index contributed by atoms with van der Waals surface area (Å²) >= 11 is 0. The predicted octanol–water partition coefficient (Wildman–Crippen LogP) is 2.16. The number of piperidine rings is 1. The van der Waals surface area contributed by atoms with Crippen molar-refractivity contribution in [3.63, 3.8) is 0 Å². The minimum atomic E-state index is 0.511. The lowest BCUT2D eigenvalue weighted by atomic mass is 9.92. The van der Waals surface area contributed by atoms with Crippen LogP contribution in [0.25, 0.3) is 0 Å². The summed E-state index contributed by atoms with van der Waals surface area (Å²) in [5, 5.41) is 0. The van der Waals surface area contributed by atoms with E-state index in [-0.39, 0.29) is 0 Å². The minimum Gasteiger partial charge on any atom is -0.327 e. The quantitative estimate of drug-likeness (QED) is 0.723. The van der Waals surface area contributed by atoms with Crippen molar-refractivity contribution in [3.05, 3.63) is 11.6 Å². The maximum atomic E-state index is 6.24. The van der Waals surface area contributed by atoms with Crippen molar-refractivity contribution in [2.75, 3.05) is 19.6 Å². The minimum absolute atomic E-state index is 0.511. The van der Waals surface area contributed by atoms with Gasteiger partial charge in [-0.05, 0) is 50.4 Å². The molecule has 2 atom stereocenters. The third kappa shape index (κ3) is 2.05. The second kappa shape index (κ2) is 4.50. The monoisotopic (exact) mass is 220 g/mol. The van der Waals surface area contributed by atoms with Crippen LogP contribution in [0.5, 0.6) is 0 Å². The van der Waals surface area contributed by atoms with Crippen LogP contribution in [-0.2, 0) is 0 Å². The smallest absolute Gasteiger partial charge is 0.0193 e. The van der Waals surface area contributed by atoms with Crippen molar-refractivity contribution < 1.29 is 0 Å². The van der Waals surface area contributed by atoms with E-state index in [1.54, 1.807) is 5.57 Å². The van der Waals surface area contributed by atoms with Gasteiger partial charge in [-0.3, -0.25) is 4.90 Å². The Labute approximate surface area is 98.9 Å².